The first-order valence-corrected chi connectivity index (χ1v) is 9.54. The summed E-state index contributed by atoms with van der Waals surface area (Å²) in [5.74, 6) is -3.19. The fourth-order valence-corrected chi connectivity index (χ4v) is 3.74. The van der Waals surface area contributed by atoms with Crippen molar-refractivity contribution in [2.24, 2.45) is 7.05 Å². The zero-order valence-corrected chi connectivity index (χ0v) is 16.2. The molecule has 0 atom stereocenters. The van der Waals surface area contributed by atoms with E-state index in [1.807, 2.05) is 0 Å². The Morgan fingerprint density at radius 3 is 2.53 bits per heavy atom. The molecule has 1 aromatic heterocycles. The number of rotatable bonds is 7. The molecule has 0 radical (unpaired) electrons. The molecular weight excluding hydrogens is 430 g/mol. The first-order chi connectivity index (χ1) is 14.0. The predicted octanol–water partition coefficient (Wildman–Crippen LogP) is 2.24. The fourth-order valence-electron chi connectivity index (χ4n) is 2.65. The van der Waals surface area contributed by atoms with Crippen LogP contribution in [-0.4, -0.2) is 37.8 Å². The maximum absolute atomic E-state index is 12.8. The number of nitrogens with one attached hydrogen (secondary N) is 1. The van der Waals surface area contributed by atoms with Gasteiger partial charge in [0.1, 0.15) is 0 Å². The summed E-state index contributed by atoms with van der Waals surface area (Å²) in [5.41, 5.74) is -0.750. The minimum Gasteiger partial charge on any atom is -0.493 e. The van der Waals surface area contributed by atoms with Crippen LogP contribution in [0.15, 0.2) is 44.4 Å². The number of hydrogen-bond donors (Lipinski definition) is 2. The Bertz CT molecular complexity index is 1300. The van der Waals surface area contributed by atoms with Crippen molar-refractivity contribution in [2.75, 3.05) is 11.8 Å². The van der Waals surface area contributed by atoms with Crippen LogP contribution in [0.25, 0.3) is 11.1 Å². The van der Waals surface area contributed by atoms with Crippen molar-refractivity contribution in [1.29, 1.82) is 0 Å². The molecular formula is C17H14F2N2O8S. The number of halogens is 2. The molecule has 0 aliphatic rings. The molecule has 0 unspecified atom stereocenters. The van der Waals surface area contributed by atoms with Gasteiger partial charge in [-0.05, 0) is 12.1 Å². The monoisotopic (exact) mass is 444 g/mol. The zero-order chi connectivity index (χ0) is 22.2. The summed E-state index contributed by atoms with van der Waals surface area (Å²) in [6.07, 6.45) is 0. The molecule has 0 aliphatic carbocycles. The number of fused-ring (bicyclic) bond motifs is 1. The van der Waals surface area contributed by atoms with Gasteiger partial charge in [0, 0.05) is 25.2 Å². The van der Waals surface area contributed by atoms with Gasteiger partial charge in [-0.15, -0.1) is 0 Å². The summed E-state index contributed by atoms with van der Waals surface area (Å²) in [7, 11) is -1.81. The molecule has 0 amide bonds. The Labute approximate surface area is 167 Å². The summed E-state index contributed by atoms with van der Waals surface area (Å²) in [4.78, 5) is 22.8. The summed E-state index contributed by atoms with van der Waals surface area (Å²) < 4.78 is 67.9. The lowest BCUT2D eigenvalue weighted by Gasteiger charge is -2.15. The van der Waals surface area contributed by atoms with Crippen molar-refractivity contribution in [3.8, 4) is 11.5 Å². The van der Waals surface area contributed by atoms with E-state index in [2.05, 4.69) is 9.46 Å². The van der Waals surface area contributed by atoms with Crippen molar-refractivity contribution in [3.05, 3.63) is 46.4 Å². The number of aryl methyl sites for hydroxylation is 1. The second-order valence-electron chi connectivity index (χ2n) is 5.89. The first-order valence-electron chi connectivity index (χ1n) is 8.06. The SMILES string of the molecule is COc1cc(NS(=O)(=O)c2ccc3c(c2)oc(=O)n3C)c(C(=O)O)cc1OC(F)F. The van der Waals surface area contributed by atoms with Gasteiger partial charge in [0.15, 0.2) is 17.1 Å². The number of carboxylic acid groups (broad SMARTS) is 1. The number of ether oxygens (including phenoxy) is 2. The Kier molecular flexibility index (Phi) is 5.39. The largest absolute Gasteiger partial charge is 0.493 e. The number of hydrogen-bond acceptors (Lipinski definition) is 7. The smallest absolute Gasteiger partial charge is 0.419 e. The van der Waals surface area contributed by atoms with E-state index in [0.29, 0.717) is 11.6 Å². The number of nitrogens with zero attached hydrogens (tertiary/aromatic N) is 1. The Balaban J connectivity index is 2.07. The summed E-state index contributed by atoms with van der Waals surface area (Å²) in [5, 5.41) is 9.36. The summed E-state index contributed by atoms with van der Waals surface area (Å²) >= 11 is 0. The summed E-state index contributed by atoms with van der Waals surface area (Å²) in [6.45, 7) is -3.25. The van der Waals surface area contributed by atoms with Crippen molar-refractivity contribution in [2.45, 2.75) is 11.5 Å². The number of benzene rings is 2. The number of aromatic nitrogens is 1. The number of methoxy groups -OCH3 is 1. The van der Waals surface area contributed by atoms with Crippen LogP contribution < -0.4 is 20.0 Å². The average molecular weight is 444 g/mol. The second kappa shape index (κ2) is 7.67. The van der Waals surface area contributed by atoms with E-state index in [1.54, 1.807) is 0 Å². The normalized spacial score (nSPS) is 11.6. The highest BCUT2D eigenvalue weighted by Gasteiger charge is 2.24. The van der Waals surface area contributed by atoms with Gasteiger partial charge in [-0.1, -0.05) is 0 Å². The van der Waals surface area contributed by atoms with Gasteiger partial charge in [-0.3, -0.25) is 9.29 Å². The van der Waals surface area contributed by atoms with E-state index in [4.69, 9.17) is 9.15 Å². The van der Waals surface area contributed by atoms with Crippen LogP contribution in [0.5, 0.6) is 11.5 Å². The highest BCUT2D eigenvalue weighted by Crippen LogP contribution is 2.35. The molecule has 0 fully saturated rings. The lowest BCUT2D eigenvalue weighted by Crippen LogP contribution is -2.16. The number of aromatic carboxylic acids is 1. The van der Waals surface area contributed by atoms with E-state index in [0.717, 1.165) is 19.2 Å². The molecule has 2 aromatic carbocycles. The molecule has 0 spiro atoms. The van der Waals surface area contributed by atoms with Crippen molar-refractivity contribution >= 4 is 32.8 Å². The minimum atomic E-state index is -4.35. The topological polar surface area (TPSA) is 137 Å². The van der Waals surface area contributed by atoms with Gasteiger partial charge < -0.3 is 19.0 Å². The first kappa shape index (κ1) is 21.1. The third kappa shape index (κ3) is 3.91. The highest BCUT2D eigenvalue weighted by molar-refractivity contribution is 7.92. The Morgan fingerprint density at radius 2 is 1.93 bits per heavy atom. The standard InChI is InChI=1S/C17H14F2N2O8S/c1-21-11-4-3-8(5-12(11)29-17(21)24)30(25,26)20-10-7-13(27-2)14(28-16(18)19)6-9(10)15(22)23/h3-7,16,20H,1-2H3,(H,22,23). The van der Waals surface area contributed by atoms with Crippen LogP contribution >= 0.6 is 0 Å². The van der Waals surface area contributed by atoms with Gasteiger partial charge in [0.2, 0.25) is 0 Å². The number of anilines is 1. The molecule has 13 heteroatoms. The fraction of sp³-hybridized carbons (Fsp3) is 0.176. The number of alkyl halides is 2. The molecule has 160 valence electrons. The minimum absolute atomic E-state index is 0.00194. The maximum Gasteiger partial charge on any atom is 0.419 e. The van der Waals surface area contributed by atoms with Gasteiger partial charge in [0.25, 0.3) is 10.0 Å². The second-order valence-corrected chi connectivity index (χ2v) is 7.58. The molecule has 3 rings (SSSR count). The van der Waals surface area contributed by atoms with Crippen LogP contribution in [0.4, 0.5) is 14.5 Å². The molecule has 10 nitrogen and oxygen atoms in total. The van der Waals surface area contributed by atoms with Crippen LogP contribution in [0.3, 0.4) is 0 Å². The highest BCUT2D eigenvalue weighted by atomic mass is 32.2. The van der Waals surface area contributed by atoms with Crippen LogP contribution in [0.2, 0.25) is 0 Å². The van der Waals surface area contributed by atoms with E-state index < -0.39 is 45.4 Å². The van der Waals surface area contributed by atoms with E-state index >= 15 is 0 Å². The van der Waals surface area contributed by atoms with E-state index in [-0.39, 0.29) is 16.2 Å². The molecule has 0 saturated heterocycles. The Hall–Kier alpha value is -3.61. The molecule has 3 aromatic rings. The van der Waals surface area contributed by atoms with Crippen LogP contribution in [0, 0.1) is 0 Å². The summed E-state index contributed by atoms with van der Waals surface area (Å²) in [6, 6.07) is 5.23. The van der Waals surface area contributed by atoms with Crippen LogP contribution in [-0.2, 0) is 17.1 Å². The average Bonchev–Trinajstić information content (AvgIpc) is 2.95. The van der Waals surface area contributed by atoms with E-state index in [1.165, 1.54) is 23.7 Å². The van der Waals surface area contributed by atoms with E-state index in [9.17, 15) is 31.9 Å². The van der Waals surface area contributed by atoms with Crippen molar-refractivity contribution in [1.82, 2.24) is 4.57 Å². The quantitative estimate of drug-likeness (QED) is 0.566. The molecule has 0 aliphatic heterocycles. The third-order valence-corrected chi connectivity index (χ3v) is 5.43. The molecule has 0 saturated carbocycles. The molecule has 30 heavy (non-hydrogen) atoms. The van der Waals surface area contributed by atoms with Gasteiger partial charge in [-0.25, -0.2) is 18.0 Å². The lowest BCUT2D eigenvalue weighted by molar-refractivity contribution is -0.0512. The molecule has 0 bridgehead atoms. The van der Waals surface area contributed by atoms with Gasteiger partial charge in [0.05, 0.1) is 28.8 Å². The maximum atomic E-state index is 12.8. The predicted molar refractivity (Wildman–Crippen MR) is 98.8 cm³/mol. The molecule has 1 heterocycles. The number of sulfonamides is 1. The van der Waals surface area contributed by atoms with Crippen molar-refractivity contribution < 1.29 is 41.0 Å². The van der Waals surface area contributed by atoms with Gasteiger partial charge in [-0.2, -0.15) is 8.78 Å². The number of carboxylic acids is 1. The lowest BCUT2D eigenvalue weighted by atomic mass is 10.1. The molecule has 2 N–H and O–H groups in total. The third-order valence-electron chi connectivity index (χ3n) is 4.07. The zero-order valence-electron chi connectivity index (χ0n) is 15.4. The number of oxazole rings is 1. The van der Waals surface area contributed by atoms with Crippen LogP contribution in [0.1, 0.15) is 10.4 Å². The Morgan fingerprint density at radius 1 is 1.23 bits per heavy atom. The van der Waals surface area contributed by atoms with Crippen molar-refractivity contribution in [3.63, 3.8) is 0 Å². The van der Waals surface area contributed by atoms with Gasteiger partial charge >= 0.3 is 18.3 Å². The number of carbonyl (C=O) groups is 1.